The second-order valence-electron chi connectivity index (χ2n) is 3.88. The lowest BCUT2D eigenvalue weighted by Gasteiger charge is -2.23. The van der Waals surface area contributed by atoms with Gasteiger partial charge in [0.15, 0.2) is 0 Å². The minimum absolute atomic E-state index is 0.0382. The molecule has 1 aliphatic heterocycles. The Balaban J connectivity index is 2.39. The molecule has 0 radical (unpaired) electrons. The molecule has 76 valence electrons. The summed E-state index contributed by atoms with van der Waals surface area (Å²) < 4.78 is 5.08. The van der Waals surface area contributed by atoms with Crippen molar-refractivity contribution in [1.29, 1.82) is 0 Å². The fourth-order valence-electron chi connectivity index (χ4n) is 1.23. The largest absolute Gasteiger partial charge is 0.369 e. The number of nitrogens with one attached hydrogen (secondary N) is 2. The van der Waals surface area contributed by atoms with E-state index in [1.54, 1.807) is 21.0 Å². The molecule has 1 amide bonds. The molecule has 0 saturated carbocycles. The van der Waals surface area contributed by atoms with Crippen LogP contribution in [0.4, 0.5) is 0 Å². The van der Waals surface area contributed by atoms with Crippen LogP contribution in [0.2, 0.25) is 0 Å². The van der Waals surface area contributed by atoms with Crippen LogP contribution in [0.3, 0.4) is 0 Å². The molecular formula is C9H18N2O2. The van der Waals surface area contributed by atoms with Crippen LogP contribution < -0.4 is 10.6 Å². The number of methoxy groups -OCH3 is 1. The van der Waals surface area contributed by atoms with Gasteiger partial charge in [-0.15, -0.1) is 0 Å². The first-order valence-corrected chi connectivity index (χ1v) is 4.63. The third kappa shape index (κ3) is 2.67. The molecule has 1 rings (SSSR count). The van der Waals surface area contributed by atoms with Crippen molar-refractivity contribution in [2.75, 3.05) is 20.2 Å². The zero-order chi connectivity index (χ0) is 9.90. The van der Waals surface area contributed by atoms with E-state index in [-0.39, 0.29) is 11.9 Å². The lowest BCUT2D eigenvalue weighted by Crippen LogP contribution is -2.48. The summed E-state index contributed by atoms with van der Waals surface area (Å²) >= 11 is 0. The predicted molar refractivity (Wildman–Crippen MR) is 50.5 cm³/mol. The van der Waals surface area contributed by atoms with Crippen LogP contribution in [0.1, 0.15) is 20.3 Å². The molecule has 0 unspecified atom stereocenters. The zero-order valence-corrected chi connectivity index (χ0v) is 8.52. The van der Waals surface area contributed by atoms with Crippen molar-refractivity contribution in [1.82, 2.24) is 10.6 Å². The van der Waals surface area contributed by atoms with E-state index in [0.717, 1.165) is 19.5 Å². The van der Waals surface area contributed by atoms with Crippen molar-refractivity contribution in [2.45, 2.75) is 31.9 Å². The van der Waals surface area contributed by atoms with Gasteiger partial charge < -0.3 is 15.4 Å². The second-order valence-corrected chi connectivity index (χ2v) is 3.88. The molecule has 1 atom stereocenters. The topological polar surface area (TPSA) is 50.4 Å². The van der Waals surface area contributed by atoms with Crippen LogP contribution in [-0.4, -0.2) is 37.7 Å². The van der Waals surface area contributed by atoms with E-state index in [1.165, 1.54) is 0 Å². The SMILES string of the molecule is COC(C)(C)C(=O)N[C@H]1CCNC1. The Morgan fingerprint density at radius 2 is 2.31 bits per heavy atom. The molecule has 13 heavy (non-hydrogen) atoms. The minimum atomic E-state index is -0.720. The first kappa shape index (κ1) is 10.5. The average Bonchev–Trinajstić information content (AvgIpc) is 2.57. The normalized spacial score (nSPS) is 23.2. The van der Waals surface area contributed by atoms with E-state index in [1.807, 2.05) is 0 Å². The van der Waals surface area contributed by atoms with Crippen LogP contribution in [-0.2, 0) is 9.53 Å². The Labute approximate surface area is 79.0 Å². The summed E-state index contributed by atoms with van der Waals surface area (Å²) in [5.74, 6) is -0.0382. The van der Waals surface area contributed by atoms with Gasteiger partial charge in [0, 0.05) is 19.7 Å². The summed E-state index contributed by atoms with van der Waals surface area (Å²) in [5.41, 5.74) is -0.720. The van der Waals surface area contributed by atoms with Crippen molar-refractivity contribution < 1.29 is 9.53 Å². The molecule has 2 N–H and O–H groups in total. The zero-order valence-electron chi connectivity index (χ0n) is 8.52. The maximum absolute atomic E-state index is 11.6. The number of ether oxygens (including phenoxy) is 1. The third-order valence-electron chi connectivity index (χ3n) is 2.45. The average molecular weight is 186 g/mol. The summed E-state index contributed by atoms with van der Waals surface area (Å²) in [4.78, 5) is 11.6. The Morgan fingerprint density at radius 1 is 1.62 bits per heavy atom. The van der Waals surface area contributed by atoms with E-state index in [4.69, 9.17) is 4.74 Å². The van der Waals surface area contributed by atoms with E-state index in [0.29, 0.717) is 0 Å². The number of carbonyl (C=O) groups excluding carboxylic acids is 1. The highest BCUT2D eigenvalue weighted by Gasteiger charge is 2.29. The molecule has 1 aliphatic rings. The van der Waals surface area contributed by atoms with Gasteiger partial charge in [0.2, 0.25) is 0 Å². The molecule has 0 spiro atoms. The molecule has 0 aromatic carbocycles. The molecule has 0 bridgehead atoms. The van der Waals surface area contributed by atoms with Crippen LogP contribution >= 0.6 is 0 Å². The maximum atomic E-state index is 11.6. The van der Waals surface area contributed by atoms with Gasteiger partial charge in [-0.25, -0.2) is 0 Å². The van der Waals surface area contributed by atoms with Gasteiger partial charge in [-0.2, -0.15) is 0 Å². The molecule has 0 aliphatic carbocycles. The molecular weight excluding hydrogens is 168 g/mol. The summed E-state index contributed by atoms with van der Waals surface area (Å²) in [6, 6.07) is 0.266. The summed E-state index contributed by atoms with van der Waals surface area (Å²) in [6.45, 7) is 5.39. The molecule has 1 heterocycles. The van der Waals surface area contributed by atoms with E-state index in [9.17, 15) is 4.79 Å². The lowest BCUT2D eigenvalue weighted by molar-refractivity contribution is -0.140. The molecule has 4 nitrogen and oxygen atoms in total. The summed E-state index contributed by atoms with van der Waals surface area (Å²) in [5, 5.41) is 6.14. The van der Waals surface area contributed by atoms with Crippen LogP contribution in [0.15, 0.2) is 0 Å². The Morgan fingerprint density at radius 3 is 2.77 bits per heavy atom. The van der Waals surface area contributed by atoms with Gasteiger partial charge in [0.25, 0.3) is 5.91 Å². The Bertz CT molecular complexity index is 186. The van der Waals surface area contributed by atoms with Gasteiger partial charge in [-0.05, 0) is 26.8 Å². The fourth-order valence-corrected chi connectivity index (χ4v) is 1.23. The van der Waals surface area contributed by atoms with Gasteiger partial charge in [-0.3, -0.25) is 4.79 Å². The van der Waals surface area contributed by atoms with Crippen molar-refractivity contribution in [3.05, 3.63) is 0 Å². The van der Waals surface area contributed by atoms with Gasteiger partial charge in [-0.1, -0.05) is 0 Å². The molecule has 4 heteroatoms. The smallest absolute Gasteiger partial charge is 0.251 e. The van der Waals surface area contributed by atoms with E-state index < -0.39 is 5.60 Å². The maximum Gasteiger partial charge on any atom is 0.251 e. The number of hydrogen-bond acceptors (Lipinski definition) is 3. The van der Waals surface area contributed by atoms with E-state index >= 15 is 0 Å². The second kappa shape index (κ2) is 4.07. The van der Waals surface area contributed by atoms with Crippen LogP contribution in [0.25, 0.3) is 0 Å². The quantitative estimate of drug-likeness (QED) is 0.646. The standard InChI is InChI=1S/C9H18N2O2/c1-9(2,13-3)8(12)11-7-4-5-10-6-7/h7,10H,4-6H2,1-3H3,(H,11,12)/t7-/m0/s1. The molecule has 0 aromatic heterocycles. The summed E-state index contributed by atoms with van der Waals surface area (Å²) in [7, 11) is 1.55. The highest BCUT2D eigenvalue weighted by Crippen LogP contribution is 2.08. The molecule has 1 fully saturated rings. The highest BCUT2D eigenvalue weighted by atomic mass is 16.5. The van der Waals surface area contributed by atoms with Crippen molar-refractivity contribution in [2.24, 2.45) is 0 Å². The third-order valence-corrected chi connectivity index (χ3v) is 2.45. The number of carbonyl (C=O) groups is 1. The Kier molecular flexibility index (Phi) is 3.27. The molecule has 0 aromatic rings. The first-order valence-electron chi connectivity index (χ1n) is 4.63. The molecule has 1 saturated heterocycles. The predicted octanol–water partition coefficient (Wildman–Crippen LogP) is -0.110. The highest BCUT2D eigenvalue weighted by molar-refractivity contribution is 5.84. The van der Waals surface area contributed by atoms with E-state index in [2.05, 4.69) is 10.6 Å². The van der Waals surface area contributed by atoms with Crippen LogP contribution in [0, 0.1) is 0 Å². The number of rotatable bonds is 3. The van der Waals surface area contributed by atoms with Crippen molar-refractivity contribution >= 4 is 5.91 Å². The lowest BCUT2D eigenvalue weighted by atomic mass is 10.1. The van der Waals surface area contributed by atoms with Crippen LogP contribution in [0.5, 0.6) is 0 Å². The van der Waals surface area contributed by atoms with Gasteiger partial charge in [0.1, 0.15) is 5.60 Å². The Hall–Kier alpha value is -0.610. The van der Waals surface area contributed by atoms with Gasteiger partial charge in [0.05, 0.1) is 0 Å². The summed E-state index contributed by atoms with van der Waals surface area (Å²) in [6.07, 6.45) is 1.01. The number of hydrogen-bond donors (Lipinski definition) is 2. The van der Waals surface area contributed by atoms with Gasteiger partial charge >= 0.3 is 0 Å². The first-order chi connectivity index (χ1) is 6.06. The van der Waals surface area contributed by atoms with Crippen molar-refractivity contribution in [3.8, 4) is 0 Å². The van der Waals surface area contributed by atoms with Crippen molar-refractivity contribution in [3.63, 3.8) is 0 Å². The monoisotopic (exact) mass is 186 g/mol. The fraction of sp³-hybridized carbons (Fsp3) is 0.889. The minimum Gasteiger partial charge on any atom is -0.369 e. The number of amides is 1.